The predicted molar refractivity (Wildman–Crippen MR) is 80.8 cm³/mol. The molecule has 1 fully saturated rings. The smallest absolute Gasteiger partial charge is 0.223 e. The molecule has 1 N–H and O–H groups in total. The maximum Gasteiger partial charge on any atom is 0.223 e. The van der Waals surface area contributed by atoms with Crippen LogP contribution in [0.1, 0.15) is 37.8 Å². The second-order valence-electron chi connectivity index (χ2n) is 5.94. The molecule has 0 aromatic carbocycles. The lowest BCUT2D eigenvalue weighted by atomic mass is 9.89. The summed E-state index contributed by atoms with van der Waals surface area (Å²) in [5.41, 5.74) is 3.07. The average molecular weight is 289 g/mol. The number of amides is 1. The Bertz CT molecular complexity index is 636. The van der Waals surface area contributed by atoms with Crippen LogP contribution in [0, 0.1) is 12.8 Å². The number of aromatic nitrogens is 4. The highest BCUT2D eigenvalue weighted by Crippen LogP contribution is 2.23. The van der Waals surface area contributed by atoms with Crippen LogP contribution >= 0.6 is 0 Å². The molecule has 6 nitrogen and oxygen atoms in total. The second-order valence-corrected chi connectivity index (χ2v) is 5.94. The van der Waals surface area contributed by atoms with Gasteiger partial charge in [-0.1, -0.05) is 19.3 Å². The van der Waals surface area contributed by atoms with Crippen LogP contribution < -0.4 is 5.32 Å². The Hall–Kier alpha value is -1.85. The minimum absolute atomic E-state index is 0.209. The Morgan fingerprint density at radius 1 is 1.38 bits per heavy atom. The summed E-state index contributed by atoms with van der Waals surface area (Å²) in [4.78, 5) is 12.1. The van der Waals surface area contributed by atoms with Crippen molar-refractivity contribution < 1.29 is 4.79 Å². The summed E-state index contributed by atoms with van der Waals surface area (Å²) >= 11 is 0. The Morgan fingerprint density at radius 2 is 2.14 bits per heavy atom. The molecular formula is C15H23N5O. The van der Waals surface area contributed by atoms with E-state index in [2.05, 4.69) is 15.5 Å². The first kappa shape index (κ1) is 14.1. The van der Waals surface area contributed by atoms with Gasteiger partial charge in [-0.15, -0.1) is 0 Å². The number of nitrogens with one attached hydrogen (secondary N) is 1. The van der Waals surface area contributed by atoms with E-state index in [4.69, 9.17) is 0 Å². The topological polar surface area (TPSA) is 64.7 Å². The normalized spacial score (nSPS) is 16.5. The highest BCUT2D eigenvalue weighted by atomic mass is 16.1. The third kappa shape index (κ3) is 2.80. The van der Waals surface area contributed by atoms with Crippen molar-refractivity contribution in [3.05, 3.63) is 11.9 Å². The number of carbonyl (C=O) groups is 1. The largest absolute Gasteiger partial charge is 0.354 e. The molecule has 1 aliphatic carbocycles. The monoisotopic (exact) mass is 289 g/mol. The molecule has 114 valence electrons. The van der Waals surface area contributed by atoms with Crippen molar-refractivity contribution >= 4 is 16.9 Å². The molecular weight excluding hydrogens is 266 g/mol. The third-order valence-electron chi connectivity index (χ3n) is 4.41. The van der Waals surface area contributed by atoms with Gasteiger partial charge >= 0.3 is 0 Å². The number of hydrogen-bond acceptors (Lipinski definition) is 3. The lowest BCUT2D eigenvalue weighted by Gasteiger charge is -2.20. The molecule has 21 heavy (non-hydrogen) atoms. The Labute approximate surface area is 124 Å². The molecule has 1 amide bonds. The summed E-state index contributed by atoms with van der Waals surface area (Å²) in [6.07, 6.45) is 7.56. The maximum absolute atomic E-state index is 12.1. The fourth-order valence-corrected chi connectivity index (χ4v) is 3.27. The lowest BCUT2D eigenvalue weighted by Crippen LogP contribution is -2.34. The molecule has 0 atom stereocenters. The van der Waals surface area contributed by atoms with Crippen LogP contribution in [0.2, 0.25) is 0 Å². The summed E-state index contributed by atoms with van der Waals surface area (Å²) in [5, 5.41) is 11.8. The van der Waals surface area contributed by atoms with E-state index in [1.165, 1.54) is 19.3 Å². The third-order valence-corrected chi connectivity index (χ3v) is 4.41. The molecule has 0 saturated heterocycles. The van der Waals surface area contributed by atoms with Gasteiger partial charge < -0.3 is 5.32 Å². The summed E-state index contributed by atoms with van der Waals surface area (Å²) in [7, 11) is 1.92. The van der Waals surface area contributed by atoms with Crippen LogP contribution in [-0.4, -0.2) is 32.0 Å². The van der Waals surface area contributed by atoms with Gasteiger partial charge in [-0.05, 0) is 19.8 Å². The quantitative estimate of drug-likeness (QED) is 0.933. The second kappa shape index (κ2) is 5.87. The minimum Gasteiger partial charge on any atom is -0.354 e. The zero-order chi connectivity index (χ0) is 14.8. The summed E-state index contributed by atoms with van der Waals surface area (Å²) in [5.74, 6) is 0.428. The van der Waals surface area contributed by atoms with Crippen molar-refractivity contribution in [3.8, 4) is 0 Å². The van der Waals surface area contributed by atoms with Crippen LogP contribution in [0.5, 0.6) is 0 Å². The zero-order valence-corrected chi connectivity index (χ0v) is 12.8. The van der Waals surface area contributed by atoms with Gasteiger partial charge in [-0.25, -0.2) is 0 Å². The van der Waals surface area contributed by atoms with Gasteiger partial charge in [0.15, 0.2) is 0 Å². The molecule has 0 aliphatic heterocycles. The highest BCUT2D eigenvalue weighted by molar-refractivity contribution is 5.79. The number of nitrogens with zero attached hydrogens (tertiary/aromatic N) is 4. The first-order valence-corrected chi connectivity index (χ1v) is 7.79. The molecule has 0 spiro atoms. The Balaban J connectivity index is 1.58. The van der Waals surface area contributed by atoms with Crippen LogP contribution in [0.4, 0.5) is 0 Å². The number of aryl methyl sites for hydroxylation is 2. The first-order chi connectivity index (χ1) is 10.2. The van der Waals surface area contributed by atoms with Crippen LogP contribution in [0.25, 0.3) is 11.0 Å². The van der Waals surface area contributed by atoms with Crippen molar-refractivity contribution in [3.63, 3.8) is 0 Å². The number of fused-ring (bicyclic) bond motifs is 1. The van der Waals surface area contributed by atoms with E-state index in [0.717, 1.165) is 29.6 Å². The predicted octanol–water partition coefficient (Wildman–Crippen LogP) is 1.77. The fraction of sp³-hybridized carbons (Fsp3) is 0.667. The van der Waals surface area contributed by atoms with E-state index in [1.54, 1.807) is 0 Å². The number of carbonyl (C=O) groups excluding carboxylic acids is 1. The van der Waals surface area contributed by atoms with Crippen molar-refractivity contribution in [1.29, 1.82) is 0 Å². The molecule has 0 bridgehead atoms. The fourth-order valence-electron chi connectivity index (χ4n) is 3.27. The van der Waals surface area contributed by atoms with Gasteiger partial charge in [0.2, 0.25) is 5.91 Å². The number of hydrogen-bond donors (Lipinski definition) is 1. The molecule has 2 aromatic heterocycles. The molecule has 1 saturated carbocycles. The number of rotatable bonds is 4. The van der Waals surface area contributed by atoms with Crippen molar-refractivity contribution in [1.82, 2.24) is 24.9 Å². The average Bonchev–Trinajstić information content (AvgIpc) is 3.03. The Kier molecular flexibility index (Phi) is 3.94. The molecule has 1 aliphatic rings. The van der Waals surface area contributed by atoms with E-state index in [1.807, 2.05) is 29.5 Å². The van der Waals surface area contributed by atoms with E-state index in [0.29, 0.717) is 13.1 Å². The van der Waals surface area contributed by atoms with E-state index in [-0.39, 0.29) is 11.8 Å². The van der Waals surface area contributed by atoms with Crippen molar-refractivity contribution in [2.24, 2.45) is 13.0 Å². The summed E-state index contributed by atoms with van der Waals surface area (Å²) in [6, 6.07) is 0. The summed E-state index contributed by atoms with van der Waals surface area (Å²) in [6.45, 7) is 3.30. The molecule has 6 heteroatoms. The van der Waals surface area contributed by atoms with Gasteiger partial charge in [0, 0.05) is 19.5 Å². The summed E-state index contributed by atoms with van der Waals surface area (Å²) < 4.78 is 3.77. The van der Waals surface area contributed by atoms with Crippen LogP contribution in [0.3, 0.4) is 0 Å². The standard InChI is InChI=1S/C15H23N5O/c1-11-14-13(19(2)18-11)10-17-20(14)9-8-16-15(21)12-6-4-3-5-7-12/h10,12H,3-9H2,1-2H3,(H,16,21). The Morgan fingerprint density at radius 3 is 2.90 bits per heavy atom. The molecule has 0 unspecified atom stereocenters. The SMILES string of the molecule is Cc1nn(C)c2cnn(CCNC(=O)C3CCCCC3)c12. The molecule has 2 aromatic rings. The van der Waals surface area contributed by atoms with Crippen molar-refractivity contribution in [2.75, 3.05) is 6.54 Å². The zero-order valence-electron chi connectivity index (χ0n) is 12.8. The molecule has 0 radical (unpaired) electrons. The minimum atomic E-state index is 0.209. The van der Waals surface area contributed by atoms with Gasteiger partial charge in [0.1, 0.15) is 11.0 Å². The highest BCUT2D eigenvalue weighted by Gasteiger charge is 2.20. The van der Waals surface area contributed by atoms with Crippen LogP contribution in [-0.2, 0) is 18.4 Å². The van der Waals surface area contributed by atoms with Gasteiger partial charge in [-0.2, -0.15) is 10.2 Å². The lowest BCUT2D eigenvalue weighted by molar-refractivity contribution is -0.125. The molecule has 2 heterocycles. The van der Waals surface area contributed by atoms with E-state index < -0.39 is 0 Å². The first-order valence-electron chi connectivity index (χ1n) is 7.79. The van der Waals surface area contributed by atoms with Crippen LogP contribution in [0.15, 0.2) is 6.20 Å². The van der Waals surface area contributed by atoms with E-state index in [9.17, 15) is 4.79 Å². The van der Waals surface area contributed by atoms with Gasteiger partial charge in [0.05, 0.1) is 18.4 Å². The van der Waals surface area contributed by atoms with Gasteiger partial charge in [-0.3, -0.25) is 14.2 Å². The van der Waals surface area contributed by atoms with Crippen molar-refractivity contribution in [2.45, 2.75) is 45.6 Å². The van der Waals surface area contributed by atoms with Gasteiger partial charge in [0.25, 0.3) is 0 Å². The van der Waals surface area contributed by atoms with E-state index >= 15 is 0 Å². The maximum atomic E-state index is 12.1. The molecule has 3 rings (SSSR count).